The van der Waals surface area contributed by atoms with E-state index < -0.39 is 13.4 Å². The molecule has 1 aliphatic carbocycles. The van der Waals surface area contributed by atoms with Gasteiger partial charge in [0, 0.05) is 22.5 Å². The van der Waals surface area contributed by atoms with Crippen molar-refractivity contribution in [2.45, 2.75) is 12.1 Å². The van der Waals surface area contributed by atoms with Gasteiger partial charge in [0.1, 0.15) is 0 Å². The summed E-state index contributed by atoms with van der Waals surface area (Å²) in [5.74, 6) is -0.203. The number of fused-ring (bicyclic) bond motifs is 1. The van der Waals surface area contributed by atoms with Crippen LogP contribution in [0.3, 0.4) is 0 Å². The molecule has 0 aromatic heterocycles. The van der Waals surface area contributed by atoms with Gasteiger partial charge in [-0.1, -0.05) is 97.1 Å². The van der Waals surface area contributed by atoms with Crippen molar-refractivity contribution in [3.63, 3.8) is 0 Å². The van der Waals surface area contributed by atoms with Crippen molar-refractivity contribution >= 4 is 12.6 Å². The van der Waals surface area contributed by atoms with Crippen molar-refractivity contribution in [1.82, 2.24) is 4.67 Å². The second-order valence-corrected chi connectivity index (χ2v) is 11.1. The highest BCUT2D eigenvalue weighted by Gasteiger charge is 2.52. The predicted octanol–water partition coefficient (Wildman–Crippen LogP) is 5.70. The van der Waals surface area contributed by atoms with Crippen LogP contribution in [-0.4, -0.2) is 16.8 Å². The highest BCUT2D eigenvalue weighted by Crippen LogP contribution is 2.70. The Hall–Kier alpha value is -2.71. The SMILES string of the molecule is CN1[C@@H](c2ccccc2)[C@@H]2C=C[C@H]([C@H](O)c3ccccc3)C=C2[P@@]1(=O)c1ccccc1. The van der Waals surface area contributed by atoms with Gasteiger partial charge in [-0.25, -0.2) is 4.67 Å². The predicted molar refractivity (Wildman–Crippen MR) is 126 cm³/mol. The molecule has 3 nitrogen and oxygen atoms in total. The van der Waals surface area contributed by atoms with E-state index in [9.17, 15) is 9.67 Å². The lowest BCUT2D eigenvalue weighted by molar-refractivity contribution is 0.149. The van der Waals surface area contributed by atoms with E-state index in [4.69, 9.17) is 0 Å². The topological polar surface area (TPSA) is 40.5 Å². The van der Waals surface area contributed by atoms with Crippen LogP contribution in [0.4, 0.5) is 0 Å². The van der Waals surface area contributed by atoms with E-state index in [1.807, 2.05) is 85.9 Å². The molecule has 156 valence electrons. The monoisotopic (exact) mass is 427 g/mol. The second kappa shape index (κ2) is 8.09. The van der Waals surface area contributed by atoms with Crippen molar-refractivity contribution in [2.75, 3.05) is 7.05 Å². The van der Waals surface area contributed by atoms with E-state index in [-0.39, 0.29) is 17.9 Å². The maximum absolute atomic E-state index is 14.7. The molecule has 1 N–H and O–H groups in total. The first-order valence-electron chi connectivity index (χ1n) is 10.7. The summed E-state index contributed by atoms with van der Waals surface area (Å²) >= 11 is 0. The standard InChI is InChI=1S/C27H26NO2P/c1-28-26(20-11-5-2-6-12-20)24-18-17-22(27(29)21-13-7-3-8-14-21)19-25(24)31(28,30)23-15-9-4-10-16-23/h2-19,22,24,26-27,29H,1H3/t22-,24+,26-,27+,31-/m0/s1. The Labute approximate surface area is 183 Å². The molecule has 2 aliphatic rings. The molecule has 5 rings (SSSR count). The van der Waals surface area contributed by atoms with Gasteiger partial charge in [0.05, 0.1) is 12.1 Å². The number of aliphatic hydroxyl groups is 1. The third-order valence-corrected chi connectivity index (χ3v) is 9.82. The molecule has 1 saturated heterocycles. The zero-order chi connectivity index (χ0) is 21.4. The second-order valence-electron chi connectivity index (χ2n) is 8.28. The van der Waals surface area contributed by atoms with Crippen LogP contribution in [0.2, 0.25) is 0 Å². The van der Waals surface area contributed by atoms with Gasteiger partial charge >= 0.3 is 0 Å². The van der Waals surface area contributed by atoms with Gasteiger partial charge in [-0.3, -0.25) is 4.57 Å². The minimum absolute atomic E-state index is 0.00967. The average Bonchev–Trinajstić information content (AvgIpc) is 3.07. The Balaban J connectivity index is 1.63. The molecule has 31 heavy (non-hydrogen) atoms. The van der Waals surface area contributed by atoms with E-state index in [1.165, 1.54) is 0 Å². The smallest absolute Gasteiger partial charge is 0.203 e. The molecule has 4 heteroatoms. The zero-order valence-corrected chi connectivity index (χ0v) is 18.3. The summed E-state index contributed by atoms with van der Waals surface area (Å²) in [5.41, 5.74) is 2.02. The lowest BCUT2D eigenvalue weighted by Gasteiger charge is -2.27. The van der Waals surface area contributed by atoms with Crippen molar-refractivity contribution in [3.05, 3.63) is 126 Å². The minimum atomic E-state index is -3.00. The van der Waals surface area contributed by atoms with Crippen molar-refractivity contribution < 1.29 is 9.67 Å². The molecule has 3 aromatic carbocycles. The molecule has 0 amide bonds. The Morgan fingerprint density at radius 1 is 0.839 bits per heavy atom. The molecule has 3 aromatic rings. The minimum Gasteiger partial charge on any atom is -0.387 e. The van der Waals surface area contributed by atoms with Crippen LogP contribution in [0, 0.1) is 11.8 Å². The zero-order valence-electron chi connectivity index (χ0n) is 17.5. The van der Waals surface area contributed by atoms with E-state index in [0.717, 1.165) is 21.7 Å². The van der Waals surface area contributed by atoms with Gasteiger partial charge in [0.25, 0.3) is 0 Å². The van der Waals surface area contributed by atoms with Crippen LogP contribution >= 0.6 is 7.29 Å². The fourth-order valence-electron chi connectivity index (χ4n) is 4.97. The summed E-state index contributed by atoms with van der Waals surface area (Å²) in [5, 5.41) is 12.8. The maximum Gasteiger partial charge on any atom is 0.203 e. The van der Waals surface area contributed by atoms with E-state index >= 15 is 0 Å². The largest absolute Gasteiger partial charge is 0.387 e. The Kier molecular flexibility index (Phi) is 5.27. The van der Waals surface area contributed by atoms with Crippen LogP contribution < -0.4 is 5.30 Å². The highest BCUT2D eigenvalue weighted by atomic mass is 31.2. The molecular weight excluding hydrogens is 401 g/mol. The van der Waals surface area contributed by atoms with Crippen LogP contribution in [-0.2, 0) is 4.57 Å². The Morgan fingerprint density at radius 2 is 1.42 bits per heavy atom. The third kappa shape index (κ3) is 3.34. The lowest BCUT2D eigenvalue weighted by atomic mass is 9.84. The van der Waals surface area contributed by atoms with Gasteiger partial charge in [0.15, 0.2) is 0 Å². The van der Waals surface area contributed by atoms with Crippen molar-refractivity contribution in [2.24, 2.45) is 11.8 Å². The number of hydrogen-bond acceptors (Lipinski definition) is 2. The summed E-state index contributed by atoms with van der Waals surface area (Å²) in [6, 6.07) is 29.8. The van der Waals surface area contributed by atoms with E-state index in [2.05, 4.69) is 35.0 Å². The molecule has 1 aliphatic heterocycles. The van der Waals surface area contributed by atoms with Gasteiger partial charge in [0.2, 0.25) is 7.29 Å². The summed E-state index contributed by atoms with van der Waals surface area (Å²) in [6.45, 7) is 0. The van der Waals surface area contributed by atoms with E-state index in [1.54, 1.807) is 0 Å². The maximum atomic E-state index is 14.7. The van der Waals surface area contributed by atoms with Crippen LogP contribution in [0.1, 0.15) is 23.3 Å². The van der Waals surface area contributed by atoms with Crippen LogP contribution in [0.15, 0.2) is 115 Å². The number of benzene rings is 3. The third-order valence-electron chi connectivity index (χ3n) is 6.54. The highest BCUT2D eigenvalue weighted by molar-refractivity contribution is 7.73. The fourth-order valence-corrected chi connectivity index (χ4v) is 8.21. The summed E-state index contributed by atoms with van der Waals surface area (Å²) in [7, 11) is -1.03. The Morgan fingerprint density at radius 3 is 2.06 bits per heavy atom. The van der Waals surface area contributed by atoms with Gasteiger partial charge in [-0.2, -0.15) is 0 Å². The summed E-state index contributed by atoms with van der Waals surface area (Å²) in [6.07, 6.45) is 5.63. The molecule has 1 heterocycles. The summed E-state index contributed by atoms with van der Waals surface area (Å²) in [4.78, 5) is 0. The van der Waals surface area contributed by atoms with Crippen molar-refractivity contribution in [1.29, 1.82) is 0 Å². The molecule has 0 radical (unpaired) electrons. The summed E-state index contributed by atoms with van der Waals surface area (Å²) < 4.78 is 16.8. The fraction of sp³-hybridized carbons (Fsp3) is 0.185. The lowest BCUT2D eigenvalue weighted by Crippen LogP contribution is -2.22. The van der Waals surface area contributed by atoms with Gasteiger partial charge in [-0.15, -0.1) is 0 Å². The molecule has 5 atom stereocenters. The van der Waals surface area contributed by atoms with Gasteiger partial charge < -0.3 is 5.11 Å². The molecule has 0 unspecified atom stereocenters. The molecule has 0 bridgehead atoms. The number of aliphatic hydroxyl groups excluding tert-OH is 1. The molecule has 0 spiro atoms. The van der Waals surface area contributed by atoms with Gasteiger partial charge in [-0.05, 0) is 30.3 Å². The quantitative estimate of drug-likeness (QED) is 0.429. The number of nitrogens with zero attached hydrogens (tertiary/aromatic N) is 1. The normalized spacial score (nSPS) is 28.7. The molecule has 0 saturated carbocycles. The van der Waals surface area contributed by atoms with Crippen LogP contribution in [0.25, 0.3) is 0 Å². The molecular formula is C27H26NO2P. The first kappa shape index (κ1) is 20.2. The van der Waals surface area contributed by atoms with Crippen molar-refractivity contribution in [3.8, 4) is 0 Å². The number of hydrogen-bond donors (Lipinski definition) is 1. The first-order chi connectivity index (χ1) is 15.1. The Bertz CT molecular complexity index is 1160. The molecule has 1 fully saturated rings. The number of rotatable bonds is 4. The van der Waals surface area contributed by atoms with Crippen LogP contribution in [0.5, 0.6) is 0 Å². The average molecular weight is 427 g/mol. The van der Waals surface area contributed by atoms with E-state index in [0.29, 0.717) is 0 Å². The first-order valence-corrected chi connectivity index (χ1v) is 12.3.